The number of hydrogen-bond donors (Lipinski definition) is 1. The van der Waals surface area contributed by atoms with Crippen molar-refractivity contribution < 1.29 is 9.84 Å². The highest BCUT2D eigenvalue weighted by Gasteiger charge is 2.59. The summed E-state index contributed by atoms with van der Waals surface area (Å²) in [7, 11) is 0. The number of aliphatic hydroxyl groups is 1. The lowest BCUT2D eigenvalue weighted by molar-refractivity contribution is -0.0538. The van der Waals surface area contributed by atoms with Crippen molar-refractivity contribution in [1.29, 1.82) is 0 Å². The summed E-state index contributed by atoms with van der Waals surface area (Å²) >= 11 is 0. The zero-order valence-corrected chi connectivity index (χ0v) is 17.5. The number of rotatable bonds is 2. The van der Waals surface area contributed by atoms with Crippen LogP contribution >= 0.6 is 0 Å². The molecular weight excluding hydrogens is 332 g/mol. The Balaban J connectivity index is 1.50. The molecule has 2 heteroatoms. The normalized spacial score (nSPS) is 51.9. The smallest absolute Gasteiger partial charge is 0.0577 e. The lowest BCUT2D eigenvalue weighted by Gasteiger charge is -2.60. The minimum absolute atomic E-state index is 0.102. The van der Waals surface area contributed by atoms with Gasteiger partial charge in [-0.15, -0.1) is 0 Å². The first kappa shape index (κ1) is 18.4. The Morgan fingerprint density at radius 1 is 1.11 bits per heavy atom. The van der Waals surface area contributed by atoms with Gasteiger partial charge in [0, 0.05) is 12.5 Å². The Morgan fingerprint density at radius 3 is 2.67 bits per heavy atom. The molecule has 0 aromatic carbocycles. The average molecular weight is 371 g/mol. The molecule has 0 aromatic rings. The van der Waals surface area contributed by atoms with Crippen LogP contribution in [0.5, 0.6) is 0 Å². The van der Waals surface area contributed by atoms with Gasteiger partial charge >= 0.3 is 0 Å². The minimum atomic E-state index is -0.102. The number of aliphatic hydroxyl groups excluding tert-OH is 1. The molecule has 8 atom stereocenters. The van der Waals surface area contributed by atoms with Crippen LogP contribution in [-0.2, 0) is 4.74 Å². The molecule has 1 aliphatic heterocycles. The van der Waals surface area contributed by atoms with Crippen LogP contribution in [0.4, 0.5) is 0 Å². The van der Waals surface area contributed by atoms with Crippen molar-refractivity contribution in [2.45, 2.75) is 78.2 Å². The average Bonchev–Trinajstić information content (AvgIpc) is 3.28. The minimum Gasteiger partial charge on any atom is -0.393 e. The number of ether oxygens (including phenoxy) is 1. The third kappa shape index (κ3) is 2.58. The monoisotopic (exact) mass is 370 g/mol. The lowest BCUT2D eigenvalue weighted by atomic mass is 9.45. The molecule has 2 nitrogen and oxygen atoms in total. The molecule has 0 spiro atoms. The third-order valence-corrected chi connectivity index (χ3v) is 9.73. The highest BCUT2D eigenvalue weighted by Crippen LogP contribution is 2.67. The van der Waals surface area contributed by atoms with Crippen molar-refractivity contribution in [1.82, 2.24) is 0 Å². The van der Waals surface area contributed by atoms with Crippen molar-refractivity contribution in [3.8, 4) is 0 Å². The van der Waals surface area contributed by atoms with Crippen LogP contribution in [0.1, 0.15) is 72.1 Å². The number of hydrogen-bond acceptors (Lipinski definition) is 2. The third-order valence-electron chi connectivity index (χ3n) is 9.73. The Hall–Kier alpha value is -0.600. The summed E-state index contributed by atoms with van der Waals surface area (Å²) in [6.45, 7) is 9.45. The topological polar surface area (TPSA) is 29.5 Å². The first-order chi connectivity index (χ1) is 13.0. The van der Waals surface area contributed by atoms with E-state index >= 15 is 0 Å². The van der Waals surface area contributed by atoms with Gasteiger partial charge in [-0.3, -0.25) is 0 Å². The van der Waals surface area contributed by atoms with E-state index in [4.69, 9.17) is 4.74 Å². The molecule has 3 fully saturated rings. The molecule has 5 aliphatic rings. The first-order valence-electron chi connectivity index (χ1n) is 11.6. The van der Waals surface area contributed by atoms with E-state index in [2.05, 4.69) is 32.9 Å². The fourth-order valence-corrected chi connectivity index (χ4v) is 8.21. The van der Waals surface area contributed by atoms with Gasteiger partial charge in [-0.25, -0.2) is 0 Å². The van der Waals surface area contributed by atoms with Crippen molar-refractivity contribution in [2.75, 3.05) is 13.2 Å². The van der Waals surface area contributed by atoms with Crippen LogP contribution < -0.4 is 0 Å². The quantitative estimate of drug-likeness (QED) is 0.649. The summed E-state index contributed by atoms with van der Waals surface area (Å²) in [4.78, 5) is 0. The van der Waals surface area contributed by atoms with Crippen LogP contribution in [0, 0.1) is 40.4 Å². The van der Waals surface area contributed by atoms with Crippen molar-refractivity contribution >= 4 is 0 Å². The van der Waals surface area contributed by atoms with E-state index in [0.29, 0.717) is 22.7 Å². The van der Waals surface area contributed by atoms with E-state index in [9.17, 15) is 5.11 Å². The van der Waals surface area contributed by atoms with Crippen LogP contribution in [-0.4, -0.2) is 24.4 Å². The number of allylic oxidation sites excluding steroid dienone is 2. The lowest BCUT2D eigenvalue weighted by Crippen LogP contribution is -2.53. The summed E-state index contributed by atoms with van der Waals surface area (Å²) in [5, 5.41) is 10.3. The van der Waals surface area contributed by atoms with Crippen LogP contribution in [0.2, 0.25) is 0 Å². The maximum absolute atomic E-state index is 10.3. The van der Waals surface area contributed by atoms with Gasteiger partial charge in [0.1, 0.15) is 0 Å². The van der Waals surface area contributed by atoms with Crippen LogP contribution in [0.25, 0.3) is 0 Å². The highest BCUT2D eigenvalue weighted by molar-refractivity contribution is 5.32. The fourth-order valence-electron chi connectivity index (χ4n) is 8.21. The number of fused-ring (bicyclic) bond motifs is 5. The zero-order valence-electron chi connectivity index (χ0n) is 17.5. The molecular formula is C25H38O2. The Bertz CT molecular complexity index is 657. The van der Waals surface area contributed by atoms with E-state index in [1.54, 1.807) is 11.1 Å². The van der Waals surface area contributed by atoms with Crippen molar-refractivity contribution in [2.24, 2.45) is 40.4 Å². The standard InChI is InChI=1S/C25H38O2/c1-4-16-13-18-14-19(26)7-10-24(18,2)22-8-11-25(3)20(17-9-12-27-15-17)5-6-21(25)23(16)22/h5,13,16-17,19,21-23,26H,4,6-12,14-15H2,1-3H3/t16-,17?,19+,21+,22+,23+,24+,25-/m1/s1. The Labute approximate surface area is 165 Å². The maximum Gasteiger partial charge on any atom is 0.0577 e. The molecule has 0 amide bonds. The molecule has 1 saturated heterocycles. The summed E-state index contributed by atoms with van der Waals surface area (Å²) in [5.41, 5.74) is 4.12. The predicted molar refractivity (Wildman–Crippen MR) is 109 cm³/mol. The van der Waals surface area contributed by atoms with E-state index in [1.807, 2.05) is 0 Å². The van der Waals surface area contributed by atoms with Gasteiger partial charge in [0.05, 0.1) is 12.7 Å². The van der Waals surface area contributed by atoms with Gasteiger partial charge in [-0.2, -0.15) is 0 Å². The molecule has 27 heavy (non-hydrogen) atoms. The van der Waals surface area contributed by atoms with E-state index < -0.39 is 0 Å². The molecule has 5 rings (SSSR count). The Morgan fingerprint density at radius 2 is 1.93 bits per heavy atom. The van der Waals surface area contributed by atoms with Crippen LogP contribution in [0.3, 0.4) is 0 Å². The molecule has 0 aromatic heterocycles. The van der Waals surface area contributed by atoms with Gasteiger partial charge in [-0.05, 0) is 85.9 Å². The second-order valence-corrected chi connectivity index (χ2v) is 10.8. The molecule has 0 radical (unpaired) electrons. The molecule has 0 bridgehead atoms. The molecule has 2 saturated carbocycles. The molecule has 1 heterocycles. The summed E-state index contributed by atoms with van der Waals surface area (Å²) in [5.74, 6) is 3.86. The molecule has 4 aliphatic carbocycles. The SMILES string of the molecule is CC[C@@H]1C=C2C[C@@H](O)CC[C@]2(C)[C@H]2CC[C@]3(C)C(C4CCOC4)=CC[C@H]3[C@H]12. The van der Waals surface area contributed by atoms with Gasteiger partial charge in [0.25, 0.3) is 0 Å². The first-order valence-corrected chi connectivity index (χ1v) is 11.6. The van der Waals surface area contributed by atoms with Crippen molar-refractivity contribution in [3.05, 3.63) is 23.3 Å². The van der Waals surface area contributed by atoms with Crippen molar-refractivity contribution in [3.63, 3.8) is 0 Å². The second kappa shape index (κ2) is 6.46. The van der Waals surface area contributed by atoms with Gasteiger partial charge < -0.3 is 9.84 Å². The summed E-state index contributed by atoms with van der Waals surface area (Å²) in [6, 6.07) is 0. The van der Waals surface area contributed by atoms with Gasteiger partial charge in [0.2, 0.25) is 0 Å². The summed E-state index contributed by atoms with van der Waals surface area (Å²) < 4.78 is 5.77. The summed E-state index contributed by atoms with van der Waals surface area (Å²) in [6.07, 6.45) is 14.8. The Kier molecular flexibility index (Phi) is 4.41. The molecule has 1 N–H and O–H groups in total. The molecule has 150 valence electrons. The predicted octanol–water partition coefficient (Wildman–Crippen LogP) is 5.52. The zero-order chi connectivity index (χ0) is 18.8. The van der Waals surface area contributed by atoms with E-state index in [0.717, 1.165) is 43.8 Å². The van der Waals surface area contributed by atoms with E-state index in [1.165, 1.54) is 38.5 Å². The second-order valence-electron chi connectivity index (χ2n) is 10.8. The maximum atomic E-state index is 10.3. The van der Waals surface area contributed by atoms with Gasteiger partial charge in [0.15, 0.2) is 0 Å². The molecule has 1 unspecified atom stereocenters. The largest absolute Gasteiger partial charge is 0.393 e. The van der Waals surface area contributed by atoms with Gasteiger partial charge in [-0.1, -0.05) is 44.1 Å². The highest BCUT2D eigenvalue weighted by atomic mass is 16.5. The van der Waals surface area contributed by atoms with Crippen LogP contribution in [0.15, 0.2) is 23.3 Å². The fraction of sp³-hybridized carbons (Fsp3) is 0.840. The van der Waals surface area contributed by atoms with E-state index in [-0.39, 0.29) is 6.10 Å².